The van der Waals surface area contributed by atoms with Crippen molar-refractivity contribution in [2.24, 2.45) is 4.99 Å². The molecule has 1 aromatic carbocycles. The van der Waals surface area contributed by atoms with Gasteiger partial charge < -0.3 is 20.9 Å². The first kappa shape index (κ1) is 21.0. The fraction of sp³-hybridized carbons (Fsp3) is 0.579. The molecule has 1 fully saturated rings. The molecule has 1 atom stereocenters. The fourth-order valence-corrected chi connectivity index (χ4v) is 3.64. The molecule has 6 nitrogen and oxygen atoms in total. The molecule has 144 valence electrons. The minimum Gasteiger partial charge on any atom is -0.356 e. The lowest BCUT2D eigenvalue weighted by molar-refractivity contribution is -0.116. The number of carbonyl (C=O) groups excluding carboxylic acids is 1. The number of halogens is 1. The smallest absolute Gasteiger partial charge is 0.225 e. The molecule has 1 amide bonds. The average Bonchev–Trinajstić information content (AvgIpc) is 2.65. The maximum atomic E-state index is 11.9. The van der Waals surface area contributed by atoms with Crippen LogP contribution in [0.1, 0.15) is 37.2 Å². The molecule has 7 heteroatoms. The van der Waals surface area contributed by atoms with E-state index in [-0.39, 0.29) is 35.8 Å². The molecule has 0 spiro atoms. The summed E-state index contributed by atoms with van der Waals surface area (Å²) in [6, 6.07) is 8.03. The number of amides is 1. The molecular formula is C19H30IN5O. The number of rotatable bonds is 5. The normalized spacial score (nSPS) is 20.6. The summed E-state index contributed by atoms with van der Waals surface area (Å²) < 4.78 is 0. The first-order valence-corrected chi connectivity index (χ1v) is 9.32. The highest BCUT2D eigenvalue weighted by atomic mass is 127. The summed E-state index contributed by atoms with van der Waals surface area (Å²) in [5.41, 5.74) is 2.12. The van der Waals surface area contributed by atoms with E-state index in [0.717, 1.165) is 24.7 Å². The molecule has 0 aromatic heterocycles. The van der Waals surface area contributed by atoms with Crippen molar-refractivity contribution >= 4 is 41.5 Å². The van der Waals surface area contributed by atoms with Gasteiger partial charge in [0.15, 0.2) is 5.96 Å². The number of benzene rings is 1. The third-order valence-corrected chi connectivity index (χ3v) is 5.02. The Morgan fingerprint density at radius 2 is 2.00 bits per heavy atom. The van der Waals surface area contributed by atoms with Crippen LogP contribution in [-0.2, 0) is 4.79 Å². The van der Waals surface area contributed by atoms with Gasteiger partial charge in [0.2, 0.25) is 5.91 Å². The molecule has 26 heavy (non-hydrogen) atoms. The number of para-hydroxylation sites is 1. The molecule has 0 aliphatic carbocycles. The number of fused-ring (bicyclic) bond motifs is 1. The second kappa shape index (κ2) is 10.7. The fourth-order valence-electron chi connectivity index (χ4n) is 3.64. The maximum Gasteiger partial charge on any atom is 0.225 e. The van der Waals surface area contributed by atoms with E-state index in [1.807, 2.05) is 18.2 Å². The van der Waals surface area contributed by atoms with Crippen molar-refractivity contribution in [3.8, 4) is 0 Å². The molecule has 1 saturated heterocycles. The lowest BCUT2D eigenvalue weighted by atomic mass is 9.90. The van der Waals surface area contributed by atoms with E-state index in [0.29, 0.717) is 13.0 Å². The Hall–Kier alpha value is -1.35. The van der Waals surface area contributed by atoms with Gasteiger partial charge in [0.1, 0.15) is 0 Å². The number of piperidine rings is 1. The Morgan fingerprint density at radius 3 is 2.77 bits per heavy atom. The Labute approximate surface area is 173 Å². The van der Waals surface area contributed by atoms with Gasteiger partial charge in [-0.3, -0.25) is 9.79 Å². The van der Waals surface area contributed by atoms with Crippen molar-refractivity contribution in [3.63, 3.8) is 0 Å². The van der Waals surface area contributed by atoms with Crippen LogP contribution in [0.3, 0.4) is 0 Å². The molecule has 1 aromatic rings. The van der Waals surface area contributed by atoms with Gasteiger partial charge in [-0.25, -0.2) is 0 Å². The SMILES string of the molecule is CN=C(NCCN1CCCCC1)NCC1CC(=O)Nc2ccccc21.I. The number of hydrogen-bond acceptors (Lipinski definition) is 3. The summed E-state index contributed by atoms with van der Waals surface area (Å²) in [6.45, 7) is 5.06. The minimum absolute atomic E-state index is 0. The van der Waals surface area contributed by atoms with Gasteiger partial charge in [-0.2, -0.15) is 0 Å². The van der Waals surface area contributed by atoms with Gasteiger partial charge in [0, 0.05) is 44.7 Å². The zero-order valence-corrected chi connectivity index (χ0v) is 17.8. The highest BCUT2D eigenvalue weighted by molar-refractivity contribution is 14.0. The van der Waals surface area contributed by atoms with Crippen LogP contribution in [0.25, 0.3) is 0 Å². The van der Waals surface area contributed by atoms with Crippen LogP contribution in [0.2, 0.25) is 0 Å². The molecule has 1 unspecified atom stereocenters. The second-order valence-corrected chi connectivity index (χ2v) is 6.82. The molecule has 3 N–H and O–H groups in total. The zero-order valence-electron chi connectivity index (χ0n) is 15.5. The van der Waals surface area contributed by atoms with Gasteiger partial charge in [-0.15, -0.1) is 24.0 Å². The number of nitrogens with zero attached hydrogens (tertiary/aromatic N) is 2. The standard InChI is InChI=1S/C19H29N5O.HI/c1-20-19(21-9-12-24-10-5-2-6-11-24)22-14-15-13-18(25)23-17-8-4-3-7-16(15)17;/h3-4,7-8,15H,2,5-6,9-14H2,1H3,(H,23,25)(H2,20,21,22);1H. The van der Waals surface area contributed by atoms with Crippen LogP contribution in [0, 0.1) is 0 Å². The lowest BCUT2D eigenvalue weighted by Crippen LogP contribution is -2.44. The van der Waals surface area contributed by atoms with E-state index in [1.165, 1.54) is 37.9 Å². The van der Waals surface area contributed by atoms with E-state index >= 15 is 0 Å². The van der Waals surface area contributed by atoms with Gasteiger partial charge in [0.05, 0.1) is 0 Å². The summed E-state index contributed by atoms with van der Waals surface area (Å²) in [6.07, 6.45) is 4.50. The van der Waals surface area contributed by atoms with Gasteiger partial charge in [0.25, 0.3) is 0 Å². The Kier molecular flexibility index (Phi) is 8.64. The molecular weight excluding hydrogens is 441 g/mol. The molecule has 0 bridgehead atoms. The Balaban J connectivity index is 0.00000243. The highest BCUT2D eigenvalue weighted by Gasteiger charge is 2.24. The van der Waals surface area contributed by atoms with Gasteiger partial charge in [-0.1, -0.05) is 24.6 Å². The molecule has 0 radical (unpaired) electrons. The Bertz CT molecular complexity index is 616. The topological polar surface area (TPSA) is 68.8 Å². The van der Waals surface area contributed by atoms with Crippen LogP contribution in [-0.4, -0.2) is 56.5 Å². The predicted molar refractivity (Wildman–Crippen MR) is 118 cm³/mol. The number of hydrogen-bond donors (Lipinski definition) is 3. The van der Waals surface area contributed by atoms with E-state index < -0.39 is 0 Å². The molecule has 2 heterocycles. The zero-order chi connectivity index (χ0) is 17.5. The monoisotopic (exact) mass is 471 g/mol. The number of aliphatic imine (C=N–C) groups is 1. The third-order valence-electron chi connectivity index (χ3n) is 5.02. The molecule has 2 aliphatic rings. The predicted octanol–water partition coefficient (Wildman–Crippen LogP) is 2.38. The van der Waals surface area contributed by atoms with Crippen molar-refractivity contribution in [2.75, 3.05) is 45.1 Å². The quantitative estimate of drug-likeness (QED) is 0.351. The largest absolute Gasteiger partial charge is 0.356 e. The van der Waals surface area contributed by atoms with Gasteiger partial charge in [-0.05, 0) is 37.6 Å². The molecule has 0 saturated carbocycles. The van der Waals surface area contributed by atoms with Crippen LogP contribution in [0.4, 0.5) is 5.69 Å². The van der Waals surface area contributed by atoms with E-state index in [4.69, 9.17) is 0 Å². The van der Waals surface area contributed by atoms with Gasteiger partial charge >= 0.3 is 0 Å². The summed E-state index contributed by atoms with van der Waals surface area (Å²) in [7, 11) is 1.79. The molecule has 3 rings (SSSR count). The van der Waals surface area contributed by atoms with Crippen LogP contribution in [0.5, 0.6) is 0 Å². The van der Waals surface area contributed by atoms with Crippen LogP contribution >= 0.6 is 24.0 Å². The number of nitrogens with one attached hydrogen (secondary N) is 3. The number of likely N-dealkylation sites (tertiary alicyclic amines) is 1. The number of guanidine groups is 1. The molecule has 2 aliphatic heterocycles. The first-order chi connectivity index (χ1) is 12.3. The average molecular weight is 471 g/mol. The van der Waals surface area contributed by atoms with E-state index in [1.54, 1.807) is 7.05 Å². The van der Waals surface area contributed by atoms with Crippen LogP contribution in [0.15, 0.2) is 29.3 Å². The Morgan fingerprint density at radius 1 is 1.23 bits per heavy atom. The van der Waals surface area contributed by atoms with Crippen molar-refractivity contribution < 1.29 is 4.79 Å². The summed E-state index contributed by atoms with van der Waals surface area (Å²) in [4.78, 5) is 18.7. The van der Waals surface area contributed by atoms with Crippen molar-refractivity contribution in [3.05, 3.63) is 29.8 Å². The first-order valence-electron chi connectivity index (χ1n) is 9.32. The van der Waals surface area contributed by atoms with E-state index in [9.17, 15) is 4.79 Å². The van der Waals surface area contributed by atoms with Crippen molar-refractivity contribution in [1.82, 2.24) is 15.5 Å². The van der Waals surface area contributed by atoms with Crippen molar-refractivity contribution in [2.45, 2.75) is 31.6 Å². The summed E-state index contributed by atoms with van der Waals surface area (Å²) in [5.74, 6) is 1.06. The maximum absolute atomic E-state index is 11.9. The van der Waals surface area contributed by atoms with Crippen molar-refractivity contribution in [1.29, 1.82) is 0 Å². The van der Waals surface area contributed by atoms with E-state index in [2.05, 4.69) is 31.9 Å². The number of anilines is 1. The highest BCUT2D eigenvalue weighted by Crippen LogP contribution is 2.31. The number of carbonyl (C=O) groups is 1. The third kappa shape index (κ3) is 5.84. The summed E-state index contributed by atoms with van der Waals surface area (Å²) in [5, 5.41) is 9.71. The van der Waals surface area contributed by atoms with Crippen LogP contribution < -0.4 is 16.0 Å². The summed E-state index contributed by atoms with van der Waals surface area (Å²) >= 11 is 0. The lowest BCUT2D eigenvalue weighted by Gasteiger charge is -2.27. The second-order valence-electron chi connectivity index (χ2n) is 6.82. The minimum atomic E-state index is 0.